The molecule has 4 rings (SSSR count). The van der Waals surface area contributed by atoms with Gasteiger partial charge in [0.15, 0.2) is 0 Å². The molecule has 1 N–H and O–H groups in total. The van der Waals surface area contributed by atoms with E-state index in [9.17, 15) is 4.79 Å². The molecule has 1 saturated carbocycles. The van der Waals surface area contributed by atoms with E-state index in [2.05, 4.69) is 41.7 Å². The average Bonchev–Trinajstić information content (AvgIpc) is 3.23. The van der Waals surface area contributed by atoms with Gasteiger partial charge in [0.2, 0.25) is 0 Å². The summed E-state index contributed by atoms with van der Waals surface area (Å²) in [6.45, 7) is 4.15. The molecule has 6 heteroatoms. The van der Waals surface area contributed by atoms with Crippen LogP contribution in [0.15, 0.2) is 28.6 Å². The van der Waals surface area contributed by atoms with Gasteiger partial charge in [0.1, 0.15) is 5.01 Å². The smallest absolute Gasteiger partial charge is 0.328 e. The number of thiazole rings is 1. The van der Waals surface area contributed by atoms with Crippen LogP contribution in [-0.4, -0.2) is 16.7 Å². The van der Waals surface area contributed by atoms with Crippen LogP contribution in [0.4, 0.5) is 4.79 Å². The Morgan fingerprint density at radius 2 is 1.97 bits per heavy atom. The average molecular weight is 430 g/mol. The summed E-state index contributed by atoms with van der Waals surface area (Å²) in [6.07, 6.45) is 8.01. The summed E-state index contributed by atoms with van der Waals surface area (Å²) in [5, 5.41) is 7.10. The van der Waals surface area contributed by atoms with E-state index in [4.69, 9.17) is 16.6 Å². The number of carbonyl (C=O) groups is 1. The minimum Gasteiger partial charge on any atom is -0.328 e. The molecular weight excluding hydrogens is 402 g/mol. The molecule has 0 spiro atoms. The molecule has 2 unspecified atom stereocenters. The molecule has 0 bridgehead atoms. The van der Waals surface area contributed by atoms with Crippen LogP contribution < -0.4 is 5.32 Å². The molecule has 0 radical (unpaired) electrons. The molecule has 1 fully saturated rings. The number of hydrogen-bond donors (Lipinski definition) is 1. The second kappa shape index (κ2) is 8.97. The minimum atomic E-state index is -0.275. The van der Waals surface area contributed by atoms with Gasteiger partial charge in [-0.1, -0.05) is 56.8 Å². The van der Waals surface area contributed by atoms with E-state index < -0.39 is 0 Å². The fraction of sp³-hybridized carbons (Fsp3) is 0.522. The van der Waals surface area contributed by atoms with E-state index in [0.29, 0.717) is 5.92 Å². The van der Waals surface area contributed by atoms with Crippen molar-refractivity contribution in [2.75, 3.05) is 0 Å². The third-order valence-electron chi connectivity index (χ3n) is 6.23. The SMILES string of the molecule is CCC1=NC(=O)NC(c2ccc(CC)c(Cl)c2)C1c1nc(C2CCCCC2)cs1. The van der Waals surface area contributed by atoms with Gasteiger partial charge < -0.3 is 5.32 Å². The standard InChI is InChI=1S/C23H28ClN3OS/c1-3-14-10-11-16(12-17(14)24)21-20(18(4-2)26-23(28)27-21)22-25-19(13-29-22)15-8-6-5-7-9-15/h10-13,15,20-21H,3-9H2,1-2H3,(H,27,28). The van der Waals surface area contributed by atoms with Gasteiger partial charge in [-0.15, -0.1) is 11.3 Å². The van der Waals surface area contributed by atoms with Crippen LogP contribution in [0.2, 0.25) is 5.02 Å². The maximum atomic E-state index is 12.3. The third-order valence-corrected chi connectivity index (χ3v) is 7.52. The lowest BCUT2D eigenvalue weighted by Gasteiger charge is -2.31. The van der Waals surface area contributed by atoms with E-state index in [-0.39, 0.29) is 18.0 Å². The van der Waals surface area contributed by atoms with Gasteiger partial charge in [-0.05, 0) is 42.9 Å². The van der Waals surface area contributed by atoms with Gasteiger partial charge in [0, 0.05) is 22.0 Å². The Balaban J connectivity index is 1.70. The van der Waals surface area contributed by atoms with Gasteiger partial charge in [-0.25, -0.2) is 14.8 Å². The summed E-state index contributed by atoms with van der Waals surface area (Å²) in [6, 6.07) is 5.67. The first-order valence-electron chi connectivity index (χ1n) is 10.7. The number of rotatable bonds is 5. The van der Waals surface area contributed by atoms with E-state index in [1.54, 1.807) is 11.3 Å². The fourth-order valence-electron chi connectivity index (χ4n) is 4.57. The molecule has 0 saturated heterocycles. The Bertz CT molecular complexity index is 917. The quantitative estimate of drug-likeness (QED) is 0.567. The zero-order valence-electron chi connectivity index (χ0n) is 17.1. The Morgan fingerprint density at radius 1 is 1.17 bits per heavy atom. The number of aliphatic imine (C=N–C) groups is 1. The zero-order chi connectivity index (χ0) is 20.4. The van der Waals surface area contributed by atoms with E-state index in [1.807, 2.05) is 6.07 Å². The second-order valence-corrected chi connectivity index (χ2v) is 9.31. The normalized spacial score (nSPS) is 23.0. The second-order valence-electron chi connectivity index (χ2n) is 8.01. The Morgan fingerprint density at radius 3 is 2.66 bits per heavy atom. The van der Waals surface area contributed by atoms with E-state index in [0.717, 1.165) is 39.7 Å². The number of amides is 2. The van der Waals surface area contributed by atoms with Crippen molar-refractivity contribution in [1.29, 1.82) is 0 Å². The van der Waals surface area contributed by atoms with Crippen LogP contribution in [0.1, 0.15) is 92.1 Å². The Labute approximate surface area is 181 Å². The number of carbonyl (C=O) groups excluding carboxylic acids is 1. The van der Waals surface area contributed by atoms with Crippen LogP contribution in [0.5, 0.6) is 0 Å². The highest BCUT2D eigenvalue weighted by atomic mass is 35.5. The number of nitrogens with zero attached hydrogens (tertiary/aromatic N) is 2. The number of nitrogens with one attached hydrogen (secondary N) is 1. The summed E-state index contributed by atoms with van der Waals surface area (Å²) in [4.78, 5) is 21.7. The summed E-state index contributed by atoms with van der Waals surface area (Å²) in [7, 11) is 0. The lowest BCUT2D eigenvalue weighted by Crippen LogP contribution is -2.39. The summed E-state index contributed by atoms with van der Waals surface area (Å²) < 4.78 is 0. The molecule has 1 aromatic heterocycles. The maximum Gasteiger partial charge on any atom is 0.341 e. The number of aryl methyl sites for hydroxylation is 1. The molecule has 2 aliphatic rings. The molecule has 1 aliphatic carbocycles. The molecule has 4 nitrogen and oxygen atoms in total. The van der Waals surface area contributed by atoms with Crippen LogP contribution in [0.25, 0.3) is 0 Å². The van der Waals surface area contributed by atoms with E-state index >= 15 is 0 Å². The predicted molar refractivity (Wildman–Crippen MR) is 121 cm³/mol. The Kier molecular flexibility index (Phi) is 6.35. The van der Waals surface area contributed by atoms with Gasteiger partial charge in [-0.3, -0.25) is 0 Å². The van der Waals surface area contributed by atoms with E-state index in [1.165, 1.54) is 37.8 Å². The molecule has 1 aliphatic heterocycles. The molecule has 2 heterocycles. The summed E-state index contributed by atoms with van der Waals surface area (Å²) in [5.74, 6) is 0.536. The fourth-order valence-corrected chi connectivity index (χ4v) is 5.96. The van der Waals surface area contributed by atoms with Crippen molar-refractivity contribution in [2.45, 2.75) is 76.7 Å². The predicted octanol–water partition coefficient (Wildman–Crippen LogP) is 6.81. The highest BCUT2D eigenvalue weighted by molar-refractivity contribution is 7.09. The molecule has 1 aromatic carbocycles. The summed E-state index contributed by atoms with van der Waals surface area (Å²) in [5.41, 5.74) is 4.25. The highest BCUT2D eigenvalue weighted by Crippen LogP contribution is 2.40. The van der Waals surface area contributed by atoms with Gasteiger partial charge in [0.05, 0.1) is 17.7 Å². The van der Waals surface area contributed by atoms with Crippen molar-refractivity contribution in [3.8, 4) is 0 Å². The molecule has 2 aromatic rings. The monoisotopic (exact) mass is 429 g/mol. The summed E-state index contributed by atoms with van der Waals surface area (Å²) >= 11 is 8.20. The van der Waals surface area contributed by atoms with Crippen LogP contribution >= 0.6 is 22.9 Å². The number of halogens is 1. The first-order valence-corrected chi connectivity index (χ1v) is 12.0. The number of aromatic nitrogens is 1. The first kappa shape index (κ1) is 20.5. The van der Waals surface area contributed by atoms with Crippen molar-refractivity contribution in [2.24, 2.45) is 4.99 Å². The number of urea groups is 1. The van der Waals surface area contributed by atoms with Crippen molar-refractivity contribution in [3.05, 3.63) is 50.4 Å². The maximum absolute atomic E-state index is 12.3. The third kappa shape index (κ3) is 4.26. The largest absolute Gasteiger partial charge is 0.341 e. The van der Waals surface area contributed by atoms with Gasteiger partial charge in [0.25, 0.3) is 0 Å². The van der Waals surface area contributed by atoms with Crippen molar-refractivity contribution >= 4 is 34.7 Å². The van der Waals surface area contributed by atoms with Crippen molar-refractivity contribution < 1.29 is 4.79 Å². The molecule has 2 amide bonds. The van der Waals surface area contributed by atoms with Crippen molar-refractivity contribution in [3.63, 3.8) is 0 Å². The van der Waals surface area contributed by atoms with Crippen LogP contribution in [0, 0.1) is 0 Å². The van der Waals surface area contributed by atoms with Gasteiger partial charge >= 0.3 is 6.03 Å². The van der Waals surface area contributed by atoms with Crippen molar-refractivity contribution in [1.82, 2.24) is 10.3 Å². The highest BCUT2D eigenvalue weighted by Gasteiger charge is 2.36. The number of benzene rings is 1. The minimum absolute atomic E-state index is 0.0383. The van der Waals surface area contributed by atoms with Gasteiger partial charge in [-0.2, -0.15) is 0 Å². The first-order chi connectivity index (χ1) is 14.1. The van der Waals surface area contributed by atoms with Crippen LogP contribution in [-0.2, 0) is 6.42 Å². The lowest BCUT2D eigenvalue weighted by atomic mass is 9.86. The Hall–Kier alpha value is -1.72. The number of hydrogen-bond acceptors (Lipinski definition) is 3. The molecule has 2 atom stereocenters. The topological polar surface area (TPSA) is 54.4 Å². The van der Waals surface area contributed by atoms with Crippen LogP contribution in [0.3, 0.4) is 0 Å². The lowest BCUT2D eigenvalue weighted by molar-refractivity contribution is 0.242. The zero-order valence-corrected chi connectivity index (χ0v) is 18.7. The molecule has 29 heavy (non-hydrogen) atoms. The molecular formula is C23H28ClN3OS. The molecule has 154 valence electrons.